The highest BCUT2D eigenvalue weighted by Crippen LogP contribution is 2.30. The molecule has 0 saturated heterocycles. The maximum Gasteiger partial charge on any atom is 0.260 e. The first-order valence-electron chi connectivity index (χ1n) is 9.96. The topological polar surface area (TPSA) is 51.0 Å². The van der Waals surface area contributed by atoms with Crippen molar-refractivity contribution in [3.63, 3.8) is 0 Å². The maximum atomic E-state index is 13.5. The van der Waals surface area contributed by atoms with E-state index in [1.165, 1.54) is 0 Å². The van der Waals surface area contributed by atoms with Gasteiger partial charge in [0.1, 0.15) is 0 Å². The minimum Gasteiger partial charge on any atom is -0.282 e. The van der Waals surface area contributed by atoms with Crippen LogP contribution in [0.3, 0.4) is 0 Å². The highest BCUT2D eigenvalue weighted by Gasteiger charge is 2.22. The number of anilines is 1. The predicted molar refractivity (Wildman–Crippen MR) is 126 cm³/mol. The molecule has 5 nitrogen and oxygen atoms in total. The molecule has 2 aromatic heterocycles. The van der Waals surface area contributed by atoms with E-state index in [4.69, 9.17) is 4.98 Å². The summed E-state index contributed by atoms with van der Waals surface area (Å²) in [4.78, 5) is 21.2. The number of aromatic nitrogens is 3. The first kappa shape index (κ1) is 20.6. The van der Waals surface area contributed by atoms with Gasteiger partial charge in [0.25, 0.3) is 5.91 Å². The fourth-order valence-electron chi connectivity index (χ4n) is 3.40. The Morgan fingerprint density at radius 3 is 2.70 bits per heavy atom. The third-order valence-electron chi connectivity index (χ3n) is 4.79. The van der Waals surface area contributed by atoms with Crippen LogP contribution in [0, 0.1) is 13.8 Å². The lowest BCUT2D eigenvalue weighted by Crippen LogP contribution is -2.34. The number of thioether (sulfide) groups is 1. The smallest absolute Gasteiger partial charge is 0.260 e. The summed E-state index contributed by atoms with van der Waals surface area (Å²) < 4.78 is 3.03. The number of benzene rings is 2. The third kappa shape index (κ3) is 4.42. The number of para-hydroxylation sites is 1. The zero-order valence-electron chi connectivity index (χ0n) is 17.3. The average Bonchev–Trinajstić information content (AvgIpc) is 3.30. The molecule has 154 valence electrons. The van der Waals surface area contributed by atoms with Crippen molar-refractivity contribution in [2.45, 2.75) is 32.2 Å². The second-order valence-corrected chi connectivity index (χ2v) is 9.38. The van der Waals surface area contributed by atoms with Gasteiger partial charge in [-0.25, -0.2) is 4.98 Å². The summed E-state index contributed by atoms with van der Waals surface area (Å²) in [7, 11) is 0. The molecule has 0 bridgehead atoms. The molecule has 0 radical (unpaired) electrons. The molecule has 0 aliphatic carbocycles. The molecule has 2 heterocycles. The van der Waals surface area contributed by atoms with Crippen LogP contribution in [0.5, 0.6) is 0 Å². The molecule has 2 aromatic carbocycles. The van der Waals surface area contributed by atoms with Crippen LogP contribution in [0.25, 0.3) is 10.2 Å². The number of rotatable bonds is 7. The maximum absolute atomic E-state index is 13.5. The number of amides is 1. The van der Waals surface area contributed by atoms with E-state index in [0.717, 1.165) is 37.4 Å². The Morgan fingerprint density at radius 1 is 1.13 bits per heavy atom. The third-order valence-corrected chi connectivity index (χ3v) is 6.72. The Kier molecular flexibility index (Phi) is 6.20. The van der Waals surface area contributed by atoms with Gasteiger partial charge >= 0.3 is 0 Å². The Labute approximate surface area is 184 Å². The second-order valence-electron chi connectivity index (χ2n) is 7.03. The molecule has 0 aliphatic heterocycles. The summed E-state index contributed by atoms with van der Waals surface area (Å²) in [6.45, 7) is 7.25. The van der Waals surface area contributed by atoms with Crippen molar-refractivity contribution in [1.82, 2.24) is 14.8 Å². The molecule has 1 amide bonds. The number of carbonyl (C=O) groups excluding carboxylic acids is 1. The lowest BCUT2D eigenvalue weighted by molar-refractivity contribution is 0.0985. The lowest BCUT2D eigenvalue weighted by atomic mass is 10.2. The first-order chi connectivity index (χ1) is 14.5. The minimum absolute atomic E-state index is 0.0332. The van der Waals surface area contributed by atoms with Gasteiger partial charge in [-0.1, -0.05) is 36.5 Å². The number of nitrogens with zero attached hydrogens (tertiary/aromatic N) is 4. The lowest BCUT2D eigenvalue weighted by Gasteiger charge is -2.20. The van der Waals surface area contributed by atoms with Crippen molar-refractivity contribution in [1.29, 1.82) is 0 Å². The van der Waals surface area contributed by atoms with Crippen molar-refractivity contribution in [3.05, 3.63) is 71.5 Å². The summed E-state index contributed by atoms with van der Waals surface area (Å²) in [5.41, 5.74) is 3.66. The number of fused-ring (bicyclic) bond motifs is 1. The van der Waals surface area contributed by atoms with Gasteiger partial charge in [-0.05, 0) is 56.0 Å². The van der Waals surface area contributed by atoms with Crippen molar-refractivity contribution in [3.8, 4) is 0 Å². The zero-order valence-corrected chi connectivity index (χ0v) is 19.0. The van der Waals surface area contributed by atoms with E-state index in [1.54, 1.807) is 28.0 Å². The summed E-state index contributed by atoms with van der Waals surface area (Å²) in [5, 5.41) is 5.27. The van der Waals surface area contributed by atoms with E-state index in [2.05, 4.69) is 18.1 Å². The fraction of sp³-hybridized carbons (Fsp3) is 0.261. The summed E-state index contributed by atoms with van der Waals surface area (Å²) >= 11 is 3.28. The van der Waals surface area contributed by atoms with Gasteiger partial charge in [0.15, 0.2) is 5.13 Å². The van der Waals surface area contributed by atoms with E-state index < -0.39 is 0 Å². The molecule has 4 aromatic rings. The van der Waals surface area contributed by atoms with Gasteiger partial charge in [0.05, 0.1) is 22.5 Å². The van der Waals surface area contributed by atoms with E-state index >= 15 is 0 Å². The SMILES string of the molecule is CCSc1cccc(C(=O)N(CCn2nc(C)cc2C)c2nc3ccccc3s2)c1. The van der Waals surface area contributed by atoms with E-state index in [1.807, 2.05) is 67.1 Å². The van der Waals surface area contributed by atoms with Gasteiger partial charge in [0.2, 0.25) is 0 Å². The normalized spacial score (nSPS) is 11.2. The predicted octanol–water partition coefficient (Wildman–Crippen LogP) is 5.57. The van der Waals surface area contributed by atoms with E-state index in [0.29, 0.717) is 18.7 Å². The highest BCUT2D eigenvalue weighted by atomic mass is 32.2. The average molecular weight is 437 g/mol. The molecule has 0 fully saturated rings. The molecule has 0 N–H and O–H groups in total. The van der Waals surface area contributed by atoms with Crippen LogP contribution in [-0.2, 0) is 6.54 Å². The Morgan fingerprint density at radius 2 is 1.97 bits per heavy atom. The Hall–Kier alpha value is -2.64. The molecule has 7 heteroatoms. The molecule has 0 aliphatic rings. The van der Waals surface area contributed by atoms with Crippen LogP contribution < -0.4 is 4.90 Å². The second kappa shape index (κ2) is 9.02. The number of hydrogen-bond acceptors (Lipinski definition) is 5. The highest BCUT2D eigenvalue weighted by molar-refractivity contribution is 7.99. The Bertz CT molecular complexity index is 1150. The standard InChI is InChI=1S/C23H24N4OS2/c1-4-29-19-9-7-8-18(15-19)22(28)26(12-13-27-17(3)14-16(2)25-27)23-24-20-10-5-6-11-21(20)30-23/h5-11,14-15H,4,12-13H2,1-3H3. The van der Waals surface area contributed by atoms with E-state index in [9.17, 15) is 4.79 Å². The molecular weight excluding hydrogens is 412 g/mol. The number of carbonyl (C=O) groups is 1. The number of thiazole rings is 1. The van der Waals surface area contributed by atoms with Crippen molar-refractivity contribution >= 4 is 44.4 Å². The van der Waals surface area contributed by atoms with Crippen molar-refractivity contribution in [2.75, 3.05) is 17.2 Å². The van der Waals surface area contributed by atoms with Crippen LogP contribution in [-0.4, -0.2) is 33.0 Å². The molecule has 0 saturated carbocycles. The van der Waals surface area contributed by atoms with Crippen LogP contribution in [0.1, 0.15) is 28.7 Å². The van der Waals surface area contributed by atoms with Crippen LogP contribution in [0.15, 0.2) is 59.5 Å². The van der Waals surface area contributed by atoms with E-state index in [-0.39, 0.29) is 5.91 Å². The summed E-state index contributed by atoms with van der Waals surface area (Å²) in [6.07, 6.45) is 0. The van der Waals surface area contributed by atoms with Crippen molar-refractivity contribution < 1.29 is 4.79 Å². The summed E-state index contributed by atoms with van der Waals surface area (Å²) in [5.74, 6) is 0.936. The molecular formula is C23H24N4OS2. The quantitative estimate of drug-likeness (QED) is 0.356. The first-order valence-corrected chi connectivity index (χ1v) is 11.8. The largest absolute Gasteiger partial charge is 0.282 e. The minimum atomic E-state index is -0.0332. The zero-order chi connectivity index (χ0) is 21.1. The van der Waals surface area contributed by atoms with Crippen LogP contribution in [0.4, 0.5) is 5.13 Å². The molecule has 0 unspecified atom stereocenters. The van der Waals surface area contributed by atoms with Gasteiger partial charge in [-0.2, -0.15) is 5.10 Å². The number of hydrogen-bond donors (Lipinski definition) is 0. The number of aryl methyl sites for hydroxylation is 2. The van der Waals surface area contributed by atoms with Crippen LogP contribution >= 0.6 is 23.1 Å². The van der Waals surface area contributed by atoms with Gasteiger partial charge in [-0.3, -0.25) is 14.4 Å². The molecule has 30 heavy (non-hydrogen) atoms. The van der Waals surface area contributed by atoms with Gasteiger partial charge in [-0.15, -0.1) is 11.8 Å². The van der Waals surface area contributed by atoms with Gasteiger partial charge < -0.3 is 0 Å². The van der Waals surface area contributed by atoms with Gasteiger partial charge in [0, 0.05) is 22.7 Å². The Balaban J connectivity index is 1.67. The molecule has 0 spiro atoms. The molecule has 4 rings (SSSR count). The molecule has 0 atom stereocenters. The monoisotopic (exact) mass is 436 g/mol. The van der Waals surface area contributed by atoms with Crippen LogP contribution in [0.2, 0.25) is 0 Å². The fourth-order valence-corrected chi connectivity index (χ4v) is 5.11. The van der Waals surface area contributed by atoms with Crippen molar-refractivity contribution in [2.24, 2.45) is 0 Å². The summed E-state index contributed by atoms with van der Waals surface area (Å²) in [6, 6.07) is 17.9.